The monoisotopic (exact) mass is 389 g/mol. The van der Waals surface area contributed by atoms with Gasteiger partial charge in [-0.3, -0.25) is 4.79 Å². The van der Waals surface area contributed by atoms with E-state index in [-0.39, 0.29) is 17.9 Å². The molecule has 0 aliphatic carbocycles. The van der Waals surface area contributed by atoms with Gasteiger partial charge >= 0.3 is 0 Å². The van der Waals surface area contributed by atoms with Gasteiger partial charge in [0.15, 0.2) is 0 Å². The van der Waals surface area contributed by atoms with Crippen LogP contribution in [0.4, 0.5) is 11.8 Å². The van der Waals surface area contributed by atoms with Crippen molar-refractivity contribution in [3.05, 3.63) is 46.1 Å². The maximum absolute atomic E-state index is 12.3. The van der Waals surface area contributed by atoms with Crippen molar-refractivity contribution in [2.24, 2.45) is 0 Å². The van der Waals surface area contributed by atoms with Gasteiger partial charge in [-0.05, 0) is 44.0 Å². The van der Waals surface area contributed by atoms with E-state index in [1.54, 1.807) is 12.1 Å². The average molecular weight is 390 g/mol. The molecule has 1 fully saturated rings. The van der Waals surface area contributed by atoms with E-state index in [0.717, 1.165) is 30.0 Å². The van der Waals surface area contributed by atoms with Gasteiger partial charge in [-0.2, -0.15) is 4.98 Å². The molecular weight excluding hydrogens is 366 g/mol. The highest BCUT2D eigenvalue weighted by Crippen LogP contribution is 2.33. The number of amides is 1. The predicted molar refractivity (Wildman–Crippen MR) is 106 cm³/mol. The first-order valence-corrected chi connectivity index (χ1v) is 9.40. The summed E-state index contributed by atoms with van der Waals surface area (Å²) in [7, 11) is 0. The molecule has 3 N–H and O–H groups in total. The Morgan fingerprint density at radius 1 is 1.41 bits per heavy atom. The molecule has 2 aromatic rings. The van der Waals surface area contributed by atoms with E-state index in [0.29, 0.717) is 30.3 Å². The fourth-order valence-corrected chi connectivity index (χ4v) is 3.48. The van der Waals surface area contributed by atoms with Gasteiger partial charge in [-0.15, -0.1) is 0 Å². The number of nitrogens with two attached hydrogens (primary N) is 1. The second-order valence-electron chi connectivity index (χ2n) is 6.46. The molecule has 144 valence electrons. The maximum atomic E-state index is 12.3. The lowest BCUT2D eigenvalue weighted by Gasteiger charge is -2.31. The number of nitrogens with zero attached hydrogens (tertiary/aromatic N) is 3. The van der Waals surface area contributed by atoms with Crippen LogP contribution in [0.25, 0.3) is 0 Å². The molecule has 2 heterocycles. The molecule has 1 aliphatic heterocycles. The molecular formula is C19H24ClN5O2. The Labute approximate surface area is 163 Å². The van der Waals surface area contributed by atoms with Gasteiger partial charge in [0.2, 0.25) is 5.95 Å². The van der Waals surface area contributed by atoms with Crippen molar-refractivity contribution in [2.75, 3.05) is 36.9 Å². The SMILES string of the molecule is CCNC(=O)c1ccc(Cl)c([C@@H]2COCCCN2c2cc(C)nc(N)n2)c1. The van der Waals surface area contributed by atoms with Crippen LogP contribution in [-0.4, -0.2) is 42.2 Å². The number of halogens is 1. The van der Waals surface area contributed by atoms with Gasteiger partial charge in [-0.25, -0.2) is 4.98 Å². The van der Waals surface area contributed by atoms with E-state index in [1.165, 1.54) is 0 Å². The van der Waals surface area contributed by atoms with Crippen molar-refractivity contribution in [1.82, 2.24) is 15.3 Å². The van der Waals surface area contributed by atoms with E-state index in [4.69, 9.17) is 22.1 Å². The first kappa shape index (κ1) is 19.4. The zero-order chi connectivity index (χ0) is 19.4. The van der Waals surface area contributed by atoms with Gasteiger partial charge in [0.25, 0.3) is 5.91 Å². The van der Waals surface area contributed by atoms with Crippen LogP contribution in [0.2, 0.25) is 5.02 Å². The van der Waals surface area contributed by atoms with E-state index >= 15 is 0 Å². The number of rotatable bonds is 4. The fourth-order valence-electron chi connectivity index (χ4n) is 3.23. The zero-order valence-electron chi connectivity index (χ0n) is 15.5. The lowest BCUT2D eigenvalue weighted by Crippen LogP contribution is -2.32. The number of aryl methyl sites for hydroxylation is 1. The predicted octanol–water partition coefficient (Wildman–Crippen LogP) is 2.74. The molecule has 8 heteroatoms. The minimum absolute atomic E-state index is 0.126. The number of carbonyl (C=O) groups excluding carboxylic acids is 1. The highest BCUT2D eigenvalue weighted by atomic mass is 35.5. The number of nitrogens with one attached hydrogen (secondary N) is 1. The summed E-state index contributed by atoms with van der Waals surface area (Å²) in [6, 6.07) is 7.03. The highest BCUT2D eigenvalue weighted by Gasteiger charge is 2.27. The number of aromatic nitrogens is 2. The molecule has 0 radical (unpaired) electrons. The number of ether oxygens (including phenoxy) is 1. The summed E-state index contributed by atoms with van der Waals surface area (Å²) in [5.74, 6) is 0.838. The Morgan fingerprint density at radius 2 is 2.22 bits per heavy atom. The molecule has 3 rings (SSSR count). The summed E-state index contributed by atoms with van der Waals surface area (Å²) in [5, 5.41) is 3.40. The topological polar surface area (TPSA) is 93.4 Å². The summed E-state index contributed by atoms with van der Waals surface area (Å²) in [6.45, 7) is 6.17. The van der Waals surface area contributed by atoms with Gasteiger partial charge in [0.1, 0.15) is 5.82 Å². The molecule has 0 bridgehead atoms. The van der Waals surface area contributed by atoms with Gasteiger partial charge in [0, 0.05) is 42.0 Å². The first-order chi connectivity index (χ1) is 13.0. The zero-order valence-corrected chi connectivity index (χ0v) is 16.3. The largest absolute Gasteiger partial charge is 0.379 e. The number of nitrogen functional groups attached to an aromatic ring is 1. The third-order valence-corrected chi connectivity index (χ3v) is 4.79. The van der Waals surface area contributed by atoms with Crippen LogP contribution in [0, 0.1) is 6.92 Å². The smallest absolute Gasteiger partial charge is 0.251 e. The van der Waals surface area contributed by atoms with E-state index in [1.807, 2.05) is 26.0 Å². The maximum Gasteiger partial charge on any atom is 0.251 e. The van der Waals surface area contributed by atoms with Crippen LogP contribution in [0.15, 0.2) is 24.3 Å². The van der Waals surface area contributed by atoms with Crippen molar-refractivity contribution in [3.8, 4) is 0 Å². The molecule has 1 aromatic carbocycles. The normalized spacial score (nSPS) is 17.4. The second kappa shape index (κ2) is 8.54. The lowest BCUT2D eigenvalue weighted by molar-refractivity contribution is 0.0955. The molecule has 1 aliphatic rings. The molecule has 1 aromatic heterocycles. The molecule has 27 heavy (non-hydrogen) atoms. The number of anilines is 2. The third-order valence-electron chi connectivity index (χ3n) is 4.45. The van der Waals surface area contributed by atoms with Crippen molar-refractivity contribution in [2.45, 2.75) is 26.3 Å². The van der Waals surface area contributed by atoms with Crippen LogP contribution in [0.5, 0.6) is 0 Å². The minimum atomic E-state index is -0.178. The number of benzene rings is 1. The summed E-state index contributed by atoms with van der Waals surface area (Å²) in [5.41, 5.74) is 8.05. The standard InChI is InChI=1S/C19H24ClN5O2/c1-3-22-18(26)13-5-6-15(20)14(10-13)16-11-27-8-4-7-25(16)17-9-12(2)23-19(21)24-17/h5-6,9-10,16H,3-4,7-8,11H2,1-2H3,(H,22,26)(H2,21,23,24)/t16-/m0/s1. The summed E-state index contributed by atoms with van der Waals surface area (Å²) >= 11 is 6.51. The van der Waals surface area contributed by atoms with E-state index in [9.17, 15) is 4.79 Å². The van der Waals surface area contributed by atoms with Crippen molar-refractivity contribution >= 4 is 29.3 Å². The minimum Gasteiger partial charge on any atom is -0.379 e. The quantitative estimate of drug-likeness (QED) is 0.835. The van der Waals surface area contributed by atoms with Crippen molar-refractivity contribution in [3.63, 3.8) is 0 Å². The van der Waals surface area contributed by atoms with Crippen LogP contribution in [-0.2, 0) is 4.74 Å². The first-order valence-electron chi connectivity index (χ1n) is 9.02. The molecule has 1 saturated heterocycles. The van der Waals surface area contributed by atoms with Gasteiger partial charge < -0.3 is 20.7 Å². The van der Waals surface area contributed by atoms with Gasteiger partial charge in [0.05, 0.1) is 12.6 Å². The highest BCUT2D eigenvalue weighted by molar-refractivity contribution is 6.31. The van der Waals surface area contributed by atoms with Crippen LogP contribution in [0.1, 0.15) is 41.0 Å². The summed E-state index contributed by atoms with van der Waals surface area (Å²) in [6.07, 6.45) is 0.854. The van der Waals surface area contributed by atoms with Crippen LogP contribution in [0.3, 0.4) is 0 Å². The summed E-state index contributed by atoms with van der Waals surface area (Å²) in [4.78, 5) is 23.0. The Balaban J connectivity index is 2.03. The molecule has 0 unspecified atom stereocenters. The lowest BCUT2D eigenvalue weighted by atomic mass is 10.0. The average Bonchev–Trinajstić information content (AvgIpc) is 2.87. The Kier molecular flexibility index (Phi) is 6.13. The number of hydrogen-bond acceptors (Lipinski definition) is 6. The number of carbonyl (C=O) groups is 1. The van der Waals surface area contributed by atoms with Crippen molar-refractivity contribution < 1.29 is 9.53 Å². The molecule has 0 saturated carbocycles. The van der Waals surface area contributed by atoms with E-state index in [2.05, 4.69) is 20.2 Å². The second-order valence-corrected chi connectivity index (χ2v) is 6.87. The third kappa shape index (κ3) is 4.48. The Bertz CT molecular complexity index is 809. The molecule has 1 amide bonds. The van der Waals surface area contributed by atoms with Crippen LogP contribution >= 0.6 is 11.6 Å². The fraction of sp³-hybridized carbons (Fsp3) is 0.421. The number of hydrogen-bond donors (Lipinski definition) is 2. The summed E-state index contributed by atoms with van der Waals surface area (Å²) < 4.78 is 5.80. The molecule has 1 atom stereocenters. The van der Waals surface area contributed by atoms with E-state index < -0.39 is 0 Å². The Hall–Kier alpha value is -2.38. The Morgan fingerprint density at radius 3 is 2.96 bits per heavy atom. The van der Waals surface area contributed by atoms with Crippen LogP contribution < -0.4 is 16.0 Å². The van der Waals surface area contributed by atoms with Crippen molar-refractivity contribution in [1.29, 1.82) is 0 Å². The molecule has 7 nitrogen and oxygen atoms in total. The van der Waals surface area contributed by atoms with Gasteiger partial charge in [-0.1, -0.05) is 11.6 Å². The molecule has 0 spiro atoms.